The van der Waals surface area contributed by atoms with Gasteiger partial charge in [-0.25, -0.2) is 4.79 Å². The van der Waals surface area contributed by atoms with Gasteiger partial charge in [-0.3, -0.25) is 4.79 Å². The van der Waals surface area contributed by atoms with Crippen LogP contribution in [0, 0.1) is 13.8 Å². The van der Waals surface area contributed by atoms with Gasteiger partial charge < -0.3 is 10.4 Å². The number of hydrogen-bond acceptors (Lipinski definition) is 3. The third-order valence-electron chi connectivity index (χ3n) is 3.96. The standard InChI is InChI=1S/C15H19NO3S/c1-10-4-3-5-12(11(10)2)13(17)16-15(14(18)19)6-8-20-9-7-15/h3-5H,6-9H2,1-2H3,(H,16,17)(H,18,19). The second kappa shape index (κ2) is 5.87. The van der Waals surface area contributed by atoms with Crippen molar-refractivity contribution in [3.8, 4) is 0 Å². The molecule has 2 rings (SSSR count). The van der Waals surface area contributed by atoms with E-state index in [1.807, 2.05) is 26.0 Å². The number of rotatable bonds is 3. The van der Waals surface area contributed by atoms with Crippen molar-refractivity contribution in [1.82, 2.24) is 5.32 Å². The number of hydrogen-bond donors (Lipinski definition) is 2. The molecule has 108 valence electrons. The van der Waals surface area contributed by atoms with Crippen molar-refractivity contribution in [3.63, 3.8) is 0 Å². The van der Waals surface area contributed by atoms with Gasteiger partial charge in [0.1, 0.15) is 5.54 Å². The number of carbonyl (C=O) groups is 2. The molecule has 20 heavy (non-hydrogen) atoms. The van der Waals surface area contributed by atoms with E-state index in [9.17, 15) is 14.7 Å². The summed E-state index contributed by atoms with van der Waals surface area (Å²) in [5, 5.41) is 12.2. The Morgan fingerprint density at radius 3 is 2.50 bits per heavy atom. The number of thioether (sulfide) groups is 1. The molecule has 1 amide bonds. The fraction of sp³-hybridized carbons (Fsp3) is 0.467. The van der Waals surface area contributed by atoms with Gasteiger partial charge in [0.2, 0.25) is 0 Å². The topological polar surface area (TPSA) is 66.4 Å². The highest BCUT2D eigenvalue weighted by Gasteiger charge is 2.41. The molecule has 0 unspecified atom stereocenters. The lowest BCUT2D eigenvalue weighted by molar-refractivity contribution is -0.144. The summed E-state index contributed by atoms with van der Waals surface area (Å²) in [4.78, 5) is 24.0. The van der Waals surface area contributed by atoms with Crippen molar-refractivity contribution < 1.29 is 14.7 Å². The molecule has 1 heterocycles. The van der Waals surface area contributed by atoms with Crippen LogP contribution in [-0.4, -0.2) is 34.0 Å². The Morgan fingerprint density at radius 1 is 1.25 bits per heavy atom. The quantitative estimate of drug-likeness (QED) is 0.898. The Bertz CT molecular complexity index is 536. The first-order valence-electron chi connectivity index (χ1n) is 6.66. The van der Waals surface area contributed by atoms with Gasteiger partial charge in [0.05, 0.1) is 0 Å². The number of carboxylic acid groups (broad SMARTS) is 1. The normalized spacial score (nSPS) is 17.5. The van der Waals surface area contributed by atoms with Crippen molar-refractivity contribution in [3.05, 3.63) is 34.9 Å². The maximum atomic E-state index is 12.4. The highest BCUT2D eigenvalue weighted by atomic mass is 32.2. The van der Waals surface area contributed by atoms with Crippen LogP contribution in [0.3, 0.4) is 0 Å². The number of amides is 1. The third kappa shape index (κ3) is 2.82. The predicted octanol–water partition coefficient (Wildman–Crippen LogP) is 2.38. The van der Waals surface area contributed by atoms with E-state index in [4.69, 9.17) is 0 Å². The molecule has 2 N–H and O–H groups in total. The van der Waals surface area contributed by atoms with Gasteiger partial charge in [0.15, 0.2) is 0 Å². The summed E-state index contributed by atoms with van der Waals surface area (Å²) in [7, 11) is 0. The first-order chi connectivity index (χ1) is 9.46. The Balaban J connectivity index is 2.25. The third-order valence-corrected chi connectivity index (χ3v) is 4.94. The van der Waals surface area contributed by atoms with E-state index in [1.54, 1.807) is 17.8 Å². The van der Waals surface area contributed by atoms with Crippen LogP contribution in [0.1, 0.15) is 34.3 Å². The molecule has 1 aromatic carbocycles. The van der Waals surface area contributed by atoms with Crippen LogP contribution < -0.4 is 5.32 Å². The largest absolute Gasteiger partial charge is 0.480 e. The molecule has 0 aliphatic carbocycles. The molecule has 0 atom stereocenters. The lowest BCUT2D eigenvalue weighted by atomic mass is 9.91. The number of aryl methyl sites for hydroxylation is 1. The Kier molecular flexibility index (Phi) is 4.38. The van der Waals surface area contributed by atoms with Crippen molar-refractivity contribution in [1.29, 1.82) is 0 Å². The minimum absolute atomic E-state index is 0.291. The molecular weight excluding hydrogens is 274 g/mol. The minimum atomic E-state index is -1.11. The van der Waals surface area contributed by atoms with Crippen LogP contribution >= 0.6 is 11.8 Å². The maximum Gasteiger partial charge on any atom is 0.329 e. The first-order valence-corrected chi connectivity index (χ1v) is 7.82. The highest BCUT2D eigenvalue weighted by Crippen LogP contribution is 2.28. The number of carboxylic acids is 1. The fourth-order valence-corrected chi connectivity index (χ4v) is 3.58. The van der Waals surface area contributed by atoms with E-state index < -0.39 is 11.5 Å². The van der Waals surface area contributed by atoms with Crippen LogP contribution in [0.15, 0.2) is 18.2 Å². The summed E-state index contributed by atoms with van der Waals surface area (Å²) in [6.45, 7) is 3.82. The van der Waals surface area contributed by atoms with E-state index >= 15 is 0 Å². The number of carbonyl (C=O) groups excluding carboxylic acids is 1. The van der Waals surface area contributed by atoms with Gasteiger partial charge in [-0.1, -0.05) is 12.1 Å². The van der Waals surface area contributed by atoms with E-state index in [0.717, 1.165) is 22.6 Å². The lowest BCUT2D eigenvalue weighted by Gasteiger charge is -2.33. The molecule has 0 aromatic heterocycles. The van der Waals surface area contributed by atoms with Gasteiger partial charge in [-0.05, 0) is 55.4 Å². The Hall–Kier alpha value is -1.49. The Morgan fingerprint density at radius 2 is 1.90 bits per heavy atom. The van der Waals surface area contributed by atoms with E-state index in [2.05, 4.69) is 5.32 Å². The molecule has 1 saturated heterocycles. The number of benzene rings is 1. The lowest BCUT2D eigenvalue weighted by Crippen LogP contribution is -2.56. The van der Waals surface area contributed by atoms with Crippen LogP contribution in [0.4, 0.5) is 0 Å². The zero-order chi connectivity index (χ0) is 14.8. The minimum Gasteiger partial charge on any atom is -0.480 e. The second-order valence-electron chi connectivity index (χ2n) is 5.20. The van der Waals surface area contributed by atoms with Gasteiger partial charge in [-0.2, -0.15) is 11.8 Å². The smallest absolute Gasteiger partial charge is 0.329 e. The SMILES string of the molecule is Cc1cccc(C(=O)NC2(C(=O)O)CCSCC2)c1C. The molecule has 4 nitrogen and oxygen atoms in total. The molecule has 1 aliphatic rings. The molecule has 1 fully saturated rings. The van der Waals surface area contributed by atoms with Crippen LogP contribution in [-0.2, 0) is 4.79 Å². The van der Waals surface area contributed by atoms with Gasteiger partial charge in [0.25, 0.3) is 5.91 Å². The fourth-order valence-electron chi connectivity index (χ4n) is 2.39. The summed E-state index contributed by atoms with van der Waals surface area (Å²) in [6, 6.07) is 5.50. The predicted molar refractivity (Wildman–Crippen MR) is 80.3 cm³/mol. The molecule has 0 saturated carbocycles. The summed E-state index contributed by atoms with van der Waals surface area (Å²) in [5.41, 5.74) is 1.37. The summed E-state index contributed by atoms with van der Waals surface area (Å²) in [5.74, 6) is 0.302. The van der Waals surface area contributed by atoms with Crippen molar-refractivity contribution >= 4 is 23.6 Å². The molecule has 1 aromatic rings. The van der Waals surface area contributed by atoms with Crippen molar-refractivity contribution in [2.75, 3.05) is 11.5 Å². The zero-order valence-electron chi connectivity index (χ0n) is 11.7. The molecule has 5 heteroatoms. The average molecular weight is 293 g/mol. The van der Waals surface area contributed by atoms with E-state index in [-0.39, 0.29) is 5.91 Å². The first kappa shape index (κ1) is 14.9. The number of nitrogens with one attached hydrogen (secondary N) is 1. The van der Waals surface area contributed by atoms with E-state index in [0.29, 0.717) is 18.4 Å². The average Bonchev–Trinajstić information content (AvgIpc) is 2.42. The van der Waals surface area contributed by atoms with Crippen LogP contribution in [0.25, 0.3) is 0 Å². The Labute approximate surface area is 123 Å². The summed E-state index contributed by atoms with van der Waals surface area (Å²) in [6.07, 6.45) is 0.952. The molecule has 0 bridgehead atoms. The molecule has 0 spiro atoms. The monoisotopic (exact) mass is 293 g/mol. The molecule has 0 radical (unpaired) electrons. The van der Waals surface area contributed by atoms with Crippen LogP contribution in [0.2, 0.25) is 0 Å². The van der Waals surface area contributed by atoms with Crippen molar-refractivity contribution in [2.24, 2.45) is 0 Å². The number of aliphatic carboxylic acids is 1. The van der Waals surface area contributed by atoms with Crippen molar-refractivity contribution in [2.45, 2.75) is 32.2 Å². The maximum absolute atomic E-state index is 12.4. The van der Waals surface area contributed by atoms with Crippen LogP contribution in [0.5, 0.6) is 0 Å². The van der Waals surface area contributed by atoms with E-state index in [1.165, 1.54) is 0 Å². The van der Waals surface area contributed by atoms with Gasteiger partial charge >= 0.3 is 5.97 Å². The second-order valence-corrected chi connectivity index (χ2v) is 6.43. The summed E-state index contributed by atoms with van der Waals surface area (Å²) >= 11 is 1.73. The van der Waals surface area contributed by atoms with Gasteiger partial charge in [0, 0.05) is 5.56 Å². The zero-order valence-corrected chi connectivity index (χ0v) is 12.5. The van der Waals surface area contributed by atoms with Gasteiger partial charge in [-0.15, -0.1) is 0 Å². The summed E-state index contributed by atoms with van der Waals surface area (Å²) < 4.78 is 0. The molecular formula is C15H19NO3S. The molecule has 1 aliphatic heterocycles. The highest BCUT2D eigenvalue weighted by molar-refractivity contribution is 7.99.